The first-order valence-corrected chi connectivity index (χ1v) is 9.19. The van der Waals surface area contributed by atoms with Crippen LogP contribution in [0.15, 0.2) is 48.5 Å². The van der Waals surface area contributed by atoms with Crippen LogP contribution in [-0.2, 0) is 9.47 Å². The fraction of sp³-hybridized carbons (Fsp3) is 0.286. The van der Waals surface area contributed by atoms with Crippen molar-refractivity contribution in [3.8, 4) is 0 Å². The van der Waals surface area contributed by atoms with Crippen molar-refractivity contribution in [1.82, 2.24) is 0 Å². The predicted octanol–water partition coefficient (Wildman–Crippen LogP) is 4.50. The lowest BCUT2D eigenvalue weighted by atomic mass is 10.1. The highest BCUT2D eigenvalue weighted by atomic mass is 16.6. The SMILES string of the molecule is CCOC(=O)c1cccc([N+](=O)[O-])c1NC(=O)OC(C)(C)C.O=C(O)c1ccccc1. The summed E-state index contributed by atoms with van der Waals surface area (Å²) >= 11 is 0. The average Bonchev–Trinajstić information content (AvgIpc) is 2.67. The second-order valence-corrected chi connectivity index (χ2v) is 6.98. The summed E-state index contributed by atoms with van der Waals surface area (Å²) in [7, 11) is 0. The lowest BCUT2D eigenvalue weighted by Gasteiger charge is -2.20. The summed E-state index contributed by atoms with van der Waals surface area (Å²) in [6.45, 7) is 6.67. The van der Waals surface area contributed by atoms with Crippen LogP contribution in [0.1, 0.15) is 48.4 Å². The number of nitro groups is 1. The molecule has 166 valence electrons. The molecule has 0 unspecified atom stereocenters. The van der Waals surface area contributed by atoms with Gasteiger partial charge in [-0.3, -0.25) is 15.4 Å². The Morgan fingerprint density at radius 3 is 2.13 bits per heavy atom. The fourth-order valence-corrected chi connectivity index (χ4v) is 2.19. The molecule has 1 amide bonds. The maximum Gasteiger partial charge on any atom is 0.412 e. The molecular formula is C21H24N2O8. The van der Waals surface area contributed by atoms with E-state index < -0.39 is 34.2 Å². The van der Waals surface area contributed by atoms with E-state index in [1.165, 1.54) is 18.2 Å². The molecule has 0 radical (unpaired) electrons. The largest absolute Gasteiger partial charge is 0.478 e. The topological polar surface area (TPSA) is 145 Å². The van der Waals surface area contributed by atoms with Crippen LogP contribution in [0, 0.1) is 10.1 Å². The van der Waals surface area contributed by atoms with Gasteiger partial charge in [-0.2, -0.15) is 0 Å². The third-order valence-electron chi connectivity index (χ3n) is 3.38. The van der Waals surface area contributed by atoms with Crippen molar-refractivity contribution in [2.45, 2.75) is 33.3 Å². The third-order valence-corrected chi connectivity index (χ3v) is 3.38. The minimum Gasteiger partial charge on any atom is -0.478 e. The summed E-state index contributed by atoms with van der Waals surface area (Å²) in [5.41, 5.74) is -1.23. The van der Waals surface area contributed by atoms with Crippen molar-refractivity contribution in [3.63, 3.8) is 0 Å². The Kier molecular flexibility index (Phi) is 9.14. The summed E-state index contributed by atoms with van der Waals surface area (Å²) in [5.74, 6) is -1.65. The van der Waals surface area contributed by atoms with E-state index in [1.807, 2.05) is 0 Å². The first-order valence-electron chi connectivity index (χ1n) is 9.19. The minimum atomic E-state index is -0.896. The number of carboxylic acids is 1. The number of benzene rings is 2. The van der Waals surface area contributed by atoms with Crippen LogP contribution in [0.2, 0.25) is 0 Å². The minimum absolute atomic E-state index is 0.105. The van der Waals surface area contributed by atoms with Gasteiger partial charge in [-0.25, -0.2) is 14.4 Å². The number of aromatic carboxylic acids is 1. The number of para-hydroxylation sites is 1. The maximum atomic E-state index is 11.9. The zero-order chi connectivity index (χ0) is 23.6. The number of ether oxygens (including phenoxy) is 2. The monoisotopic (exact) mass is 432 g/mol. The second kappa shape index (κ2) is 11.3. The van der Waals surface area contributed by atoms with Crippen LogP contribution in [0.4, 0.5) is 16.2 Å². The molecule has 0 spiro atoms. The molecule has 0 heterocycles. The summed E-state index contributed by atoms with van der Waals surface area (Å²) in [6, 6.07) is 12.1. The fourth-order valence-electron chi connectivity index (χ4n) is 2.19. The molecule has 0 aromatic heterocycles. The van der Waals surface area contributed by atoms with Gasteiger partial charge in [0.1, 0.15) is 11.3 Å². The van der Waals surface area contributed by atoms with E-state index in [1.54, 1.807) is 58.0 Å². The molecular weight excluding hydrogens is 408 g/mol. The zero-order valence-electron chi connectivity index (χ0n) is 17.6. The van der Waals surface area contributed by atoms with E-state index in [0.29, 0.717) is 5.56 Å². The van der Waals surface area contributed by atoms with Gasteiger partial charge in [-0.15, -0.1) is 0 Å². The van der Waals surface area contributed by atoms with Gasteiger partial charge in [0.25, 0.3) is 5.69 Å². The van der Waals surface area contributed by atoms with Crippen LogP contribution < -0.4 is 5.32 Å². The Balaban J connectivity index is 0.000000442. The number of esters is 1. The van der Waals surface area contributed by atoms with Gasteiger partial charge in [-0.1, -0.05) is 24.3 Å². The smallest absolute Gasteiger partial charge is 0.412 e. The molecule has 0 fully saturated rings. The van der Waals surface area contributed by atoms with Gasteiger partial charge in [0, 0.05) is 6.07 Å². The van der Waals surface area contributed by atoms with Crippen LogP contribution in [0.25, 0.3) is 0 Å². The number of nitrogens with zero attached hydrogens (tertiary/aromatic N) is 1. The highest BCUT2D eigenvalue weighted by Gasteiger charge is 2.26. The third kappa shape index (κ3) is 8.52. The molecule has 2 N–H and O–H groups in total. The molecule has 10 heteroatoms. The van der Waals surface area contributed by atoms with E-state index in [0.717, 1.165) is 0 Å². The van der Waals surface area contributed by atoms with E-state index in [-0.39, 0.29) is 17.9 Å². The van der Waals surface area contributed by atoms with Crippen LogP contribution in [0.3, 0.4) is 0 Å². The van der Waals surface area contributed by atoms with Crippen molar-refractivity contribution in [2.75, 3.05) is 11.9 Å². The number of hydrogen-bond acceptors (Lipinski definition) is 7. The molecule has 0 bridgehead atoms. The van der Waals surface area contributed by atoms with Gasteiger partial charge in [0.05, 0.1) is 22.7 Å². The van der Waals surface area contributed by atoms with Crippen LogP contribution in [-0.4, -0.2) is 40.3 Å². The molecule has 0 atom stereocenters. The summed E-state index contributed by atoms with van der Waals surface area (Å²) < 4.78 is 9.88. The number of amides is 1. The highest BCUT2D eigenvalue weighted by molar-refractivity contribution is 6.02. The van der Waals surface area contributed by atoms with Crippen molar-refractivity contribution in [3.05, 3.63) is 69.8 Å². The Bertz CT molecular complexity index is 936. The lowest BCUT2D eigenvalue weighted by Crippen LogP contribution is -2.28. The Morgan fingerprint density at radius 2 is 1.68 bits per heavy atom. The number of carbonyl (C=O) groups is 3. The maximum absolute atomic E-state index is 11.9. The molecule has 2 rings (SSSR count). The predicted molar refractivity (Wildman–Crippen MR) is 112 cm³/mol. The molecule has 10 nitrogen and oxygen atoms in total. The van der Waals surface area contributed by atoms with Crippen molar-refractivity contribution in [2.24, 2.45) is 0 Å². The molecule has 0 saturated heterocycles. The number of hydrogen-bond donors (Lipinski definition) is 2. The Labute approximate surface area is 178 Å². The van der Waals surface area contributed by atoms with Crippen molar-refractivity contribution >= 4 is 29.4 Å². The number of rotatable bonds is 5. The van der Waals surface area contributed by atoms with E-state index in [4.69, 9.17) is 14.6 Å². The van der Waals surface area contributed by atoms with Crippen LogP contribution >= 0.6 is 0 Å². The average molecular weight is 432 g/mol. The van der Waals surface area contributed by atoms with E-state index in [2.05, 4.69) is 5.32 Å². The number of nitrogens with one attached hydrogen (secondary N) is 1. The number of nitro benzene ring substituents is 1. The Hall–Kier alpha value is -3.95. The number of carbonyl (C=O) groups excluding carboxylic acids is 2. The lowest BCUT2D eigenvalue weighted by molar-refractivity contribution is -0.384. The summed E-state index contributed by atoms with van der Waals surface area (Å²) in [6.07, 6.45) is -0.896. The van der Waals surface area contributed by atoms with E-state index in [9.17, 15) is 24.5 Å². The molecule has 2 aromatic rings. The molecule has 2 aromatic carbocycles. The molecule has 0 aliphatic rings. The molecule has 0 aliphatic carbocycles. The van der Waals surface area contributed by atoms with Gasteiger partial charge in [-0.05, 0) is 45.9 Å². The normalized spacial score (nSPS) is 10.2. The van der Waals surface area contributed by atoms with Gasteiger partial charge in [0.15, 0.2) is 0 Å². The first kappa shape index (κ1) is 25.1. The molecule has 31 heavy (non-hydrogen) atoms. The summed E-state index contributed by atoms with van der Waals surface area (Å²) in [5, 5.41) is 21.7. The van der Waals surface area contributed by atoms with Crippen molar-refractivity contribution < 1.29 is 33.9 Å². The van der Waals surface area contributed by atoms with E-state index >= 15 is 0 Å². The van der Waals surface area contributed by atoms with Crippen molar-refractivity contribution in [1.29, 1.82) is 0 Å². The Morgan fingerprint density at radius 1 is 1.06 bits per heavy atom. The van der Waals surface area contributed by atoms with Gasteiger partial charge >= 0.3 is 18.0 Å². The molecule has 0 aliphatic heterocycles. The highest BCUT2D eigenvalue weighted by Crippen LogP contribution is 2.29. The van der Waals surface area contributed by atoms with Gasteiger partial charge < -0.3 is 14.6 Å². The number of carboxylic acid groups (broad SMARTS) is 1. The summed E-state index contributed by atoms with van der Waals surface area (Å²) in [4.78, 5) is 44.3. The first-order chi connectivity index (χ1) is 14.5. The zero-order valence-corrected chi connectivity index (χ0v) is 17.6. The second-order valence-electron chi connectivity index (χ2n) is 6.98. The molecule has 0 saturated carbocycles. The standard InChI is InChI=1S/C14H18N2O6.C7H6O2/c1-5-21-12(17)9-7-6-8-10(16(19)20)11(9)15-13(18)22-14(2,3)4;8-7(9)6-4-2-1-3-5-6/h6-8H,5H2,1-4H3,(H,15,18);1-5H,(H,8,9). The quantitative estimate of drug-likeness (QED) is 0.399. The van der Waals surface area contributed by atoms with Gasteiger partial charge in [0.2, 0.25) is 0 Å². The van der Waals surface area contributed by atoms with Crippen LogP contribution in [0.5, 0.6) is 0 Å². The number of anilines is 1.